The van der Waals surface area contributed by atoms with Gasteiger partial charge in [0.05, 0.1) is 17.6 Å². The van der Waals surface area contributed by atoms with E-state index in [2.05, 4.69) is 15.2 Å². The summed E-state index contributed by atoms with van der Waals surface area (Å²) in [5, 5.41) is 6.88. The van der Waals surface area contributed by atoms with Crippen molar-refractivity contribution in [2.75, 3.05) is 5.32 Å². The molecule has 0 saturated carbocycles. The van der Waals surface area contributed by atoms with Crippen molar-refractivity contribution in [3.63, 3.8) is 0 Å². The standard InChI is InChI=1S/C16H17F2N3O2/c1-3-21-11(2)14(10-19-21)20-15(22)9-6-12-4-7-13(8-5-12)23-16(17)18/h4-10,16H,3H2,1-2H3,(H,20,22)/b9-6-. The first kappa shape index (κ1) is 16.7. The number of carbonyl (C=O) groups is 1. The van der Waals surface area contributed by atoms with Crippen molar-refractivity contribution < 1.29 is 18.3 Å². The van der Waals surface area contributed by atoms with E-state index in [4.69, 9.17) is 0 Å². The average molecular weight is 321 g/mol. The number of carbonyl (C=O) groups excluding carboxylic acids is 1. The highest BCUT2D eigenvalue weighted by molar-refractivity contribution is 6.02. The molecule has 1 heterocycles. The van der Waals surface area contributed by atoms with Gasteiger partial charge in [0.15, 0.2) is 0 Å². The number of nitrogens with one attached hydrogen (secondary N) is 1. The first-order valence-electron chi connectivity index (χ1n) is 7.06. The Kier molecular flexibility index (Phi) is 5.46. The molecule has 0 unspecified atom stereocenters. The third kappa shape index (κ3) is 4.64. The van der Waals surface area contributed by atoms with Gasteiger partial charge in [-0.2, -0.15) is 13.9 Å². The molecule has 0 aliphatic heterocycles. The molecule has 0 aliphatic rings. The number of anilines is 1. The topological polar surface area (TPSA) is 56.2 Å². The van der Waals surface area contributed by atoms with Crippen LogP contribution in [0, 0.1) is 6.92 Å². The second-order valence-corrected chi connectivity index (χ2v) is 4.73. The summed E-state index contributed by atoms with van der Waals surface area (Å²) < 4.78 is 30.1. The average Bonchev–Trinajstić information content (AvgIpc) is 2.86. The molecule has 1 aromatic heterocycles. The number of halogens is 2. The number of hydrogen-bond acceptors (Lipinski definition) is 3. The largest absolute Gasteiger partial charge is 0.435 e. The number of rotatable bonds is 6. The van der Waals surface area contributed by atoms with Crippen molar-refractivity contribution in [2.24, 2.45) is 0 Å². The Bertz CT molecular complexity index is 694. The van der Waals surface area contributed by atoms with Crippen LogP contribution in [0.4, 0.5) is 14.5 Å². The van der Waals surface area contributed by atoms with Crippen LogP contribution in [-0.4, -0.2) is 22.3 Å². The van der Waals surface area contributed by atoms with Crippen LogP contribution < -0.4 is 10.1 Å². The number of amides is 1. The molecule has 0 atom stereocenters. The molecule has 2 aromatic rings. The van der Waals surface area contributed by atoms with E-state index in [0.717, 1.165) is 12.2 Å². The zero-order valence-electron chi connectivity index (χ0n) is 12.8. The molecule has 5 nitrogen and oxygen atoms in total. The zero-order valence-corrected chi connectivity index (χ0v) is 12.8. The molecule has 0 fully saturated rings. The van der Waals surface area contributed by atoms with E-state index < -0.39 is 6.61 Å². The van der Waals surface area contributed by atoms with E-state index in [9.17, 15) is 13.6 Å². The fourth-order valence-corrected chi connectivity index (χ4v) is 1.99. The Morgan fingerprint density at radius 3 is 2.65 bits per heavy atom. The van der Waals surface area contributed by atoms with E-state index in [1.165, 1.54) is 18.2 Å². The van der Waals surface area contributed by atoms with Crippen molar-refractivity contribution in [2.45, 2.75) is 27.0 Å². The zero-order chi connectivity index (χ0) is 16.8. The number of ether oxygens (including phenoxy) is 1. The maximum atomic E-state index is 12.0. The van der Waals surface area contributed by atoms with Crippen molar-refractivity contribution in [1.82, 2.24) is 9.78 Å². The number of nitrogens with zero attached hydrogens (tertiary/aromatic N) is 2. The van der Waals surface area contributed by atoms with Gasteiger partial charge in [0.25, 0.3) is 0 Å². The van der Waals surface area contributed by atoms with Gasteiger partial charge >= 0.3 is 6.61 Å². The lowest BCUT2D eigenvalue weighted by atomic mass is 10.2. The third-order valence-corrected chi connectivity index (χ3v) is 3.19. The van der Waals surface area contributed by atoms with Gasteiger partial charge < -0.3 is 10.1 Å². The minimum Gasteiger partial charge on any atom is -0.435 e. The van der Waals surface area contributed by atoms with E-state index >= 15 is 0 Å². The molecule has 0 spiro atoms. The first-order valence-corrected chi connectivity index (χ1v) is 7.06. The predicted molar refractivity (Wildman–Crippen MR) is 83.4 cm³/mol. The molecule has 1 N–H and O–H groups in total. The van der Waals surface area contributed by atoms with Gasteiger partial charge in [-0.3, -0.25) is 9.48 Å². The SMILES string of the molecule is CCn1ncc(NC(=O)/C=C\c2ccc(OC(F)F)cc2)c1C. The molecule has 7 heteroatoms. The normalized spacial score (nSPS) is 11.2. The summed E-state index contributed by atoms with van der Waals surface area (Å²) >= 11 is 0. The fraction of sp³-hybridized carbons (Fsp3) is 0.250. The summed E-state index contributed by atoms with van der Waals surface area (Å²) in [7, 11) is 0. The summed E-state index contributed by atoms with van der Waals surface area (Å²) in [5.41, 5.74) is 2.23. The second-order valence-electron chi connectivity index (χ2n) is 4.73. The highest BCUT2D eigenvalue weighted by atomic mass is 19.3. The maximum absolute atomic E-state index is 12.0. The van der Waals surface area contributed by atoms with E-state index in [1.54, 1.807) is 29.1 Å². The van der Waals surface area contributed by atoms with Crippen LogP contribution in [0.25, 0.3) is 6.08 Å². The Morgan fingerprint density at radius 1 is 1.39 bits per heavy atom. The lowest BCUT2D eigenvalue weighted by Crippen LogP contribution is -2.09. The van der Waals surface area contributed by atoms with Crippen LogP contribution in [0.1, 0.15) is 18.2 Å². The van der Waals surface area contributed by atoms with Gasteiger partial charge in [0, 0.05) is 12.6 Å². The van der Waals surface area contributed by atoms with Gasteiger partial charge in [-0.05, 0) is 37.6 Å². The molecule has 0 saturated heterocycles. The molecule has 122 valence electrons. The fourth-order valence-electron chi connectivity index (χ4n) is 1.99. The lowest BCUT2D eigenvalue weighted by Gasteiger charge is -2.04. The van der Waals surface area contributed by atoms with Crippen molar-refractivity contribution >= 4 is 17.7 Å². The molecule has 0 bridgehead atoms. The van der Waals surface area contributed by atoms with E-state index in [0.29, 0.717) is 11.3 Å². The maximum Gasteiger partial charge on any atom is 0.387 e. The minimum atomic E-state index is -2.85. The highest BCUT2D eigenvalue weighted by Gasteiger charge is 2.07. The van der Waals surface area contributed by atoms with Gasteiger partial charge in [0.2, 0.25) is 5.91 Å². The summed E-state index contributed by atoms with van der Waals surface area (Å²) in [6.07, 6.45) is 4.55. The van der Waals surface area contributed by atoms with Crippen molar-refractivity contribution in [3.05, 3.63) is 47.8 Å². The summed E-state index contributed by atoms with van der Waals surface area (Å²) in [4.78, 5) is 11.9. The first-order chi connectivity index (χ1) is 11.0. The van der Waals surface area contributed by atoms with Crippen LogP contribution in [0.15, 0.2) is 36.5 Å². The molecule has 1 aromatic carbocycles. The van der Waals surface area contributed by atoms with Crippen LogP contribution in [0.3, 0.4) is 0 Å². The monoisotopic (exact) mass is 321 g/mol. The van der Waals surface area contributed by atoms with Gasteiger partial charge in [0.1, 0.15) is 5.75 Å². The summed E-state index contributed by atoms with van der Waals surface area (Å²) in [6, 6.07) is 6.00. The third-order valence-electron chi connectivity index (χ3n) is 3.19. The lowest BCUT2D eigenvalue weighted by molar-refractivity contribution is -0.111. The predicted octanol–water partition coefficient (Wildman–Crippen LogP) is 3.46. The Labute approximate surface area is 132 Å². The van der Waals surface area contributed by atoms with E-state index in [-0.39, 0.29) is 11.7 Å². The number of benzene rings is 1. The second kappa shape index (κ2) is 7.53. The van der Waals surface area contributed by atoms with E-state index in [1.807, 2.05) is 13.8 Å². The molecule has 0 radical (unpaired) electrons. The van der Waals surface area contributed by atoms with Crippen LogP contribution >= 0.6 is 0 Å². The molecular weight excluding hydrogens is 304 g/mol. The molecule has 0 aliphatic carbocycles. The molecular formula is C16H17F2N3O2. The summed E-state index contributed by atoms with van der Waals surface area (Å²) in [6.45, 7) is 1.71. The van der Waals surface area contributed by atoms with Crippen LogP contribution in [0.2, 0.25) is 0 Å². The number of aryl methyl sites for hydroxylation is 1. The van der Waals surface area contributed by atoms with Crippen molar-refractivity contribution in [3.8, 4) is 5.75 Å². The Hall–Kier alpha value is -2.70. The van der Waals surface area contributed by atoms with Gasteiger partial charge in [-0.15, -0.1) is 0 Å². The molecule has 2 rings (SSSR count). The number of aromatic nitrogens is 2. The summed E-state index contributed by atoms with van der Waals surface area (Å²) in [5.74, 6) is -0.221. The van der Waals surface area contributed by atoms with Gasteiger partial charge in [-0.1, -0.05) is 12.1 Å². The number of hydrogen-bond donors (Lipinski definition) is 1. The van der Waals surface area contributed by atoms with Crippen LogP contribution in [0.5, 0.6) is 5.75 Å². The Balaban J connectivity index is 1.96. The van der Waals surface area contributed by atoms with Gasteiger partial charge in [-0.25, -0.2) is 0 Å². The molecule has 23 heavy (non-hydrogen) atoms. The quantitative estimate of drug-likeness (QED) is 0.829. The Morgan fingerprint density at radius 2 is 2.09 bits per heavy atom. The highest BCUT2D eigenvalue weighted by Crippen LogP contribution is 2.16. The van der Waals surface area contributed by atoms with Crippen molar-refractivity contribution in [1.29, 1.82) is 0 Å². The number of alkyl halides is 2. The molecule has 1 amide bonds. The smallest absolute Gasteiger partial charge is 0.387 e. The van der Waals surface area contributed by atoms with Crippen LogP contribution in [-0.2, 0) is 11.3 Å². The minimum absolute atomic E-state index is 0.0733.